The summed E-state index contributed by atoms with van der Waals surface area (Å²) in [5.41, 5.74) is 0.356. The number of nitrogens with zero attached hydrogens (tertiary/aromatic N) is 3. The summed E-state index contributed by atoms with van der Waals surface area (Å²) in [6.07, 6.45) is 5.88. The Morgan fingerprint density at radius 3 is 2.62 bits per heavy atom. The summed E-state index contributed by atoms with van der Waals surface area (Å²) < 4.78 is 7.33. The van der Waals surface area contributed by atoms with Crippen LogP contribution in [0.3, 0.4) is 0 Å². The van der Waals surface area contributed by atoms with Gasteiger partial charge in [-0.05, 0) is 58.8 Å². The van der Waals surface area contributed by atoms with Gasteiger partial charge in [-0.3, -0.25) is 9.48 Å². The molecule has 8 nitrogen and oxygen atoms in total. The molecule has 1 aliphatic carbocycles. The van der Waals surface area contributed by atoms with E-state index in [9.17, 15) is 9.90 Å². The molecular formula is C25H38ClN5O3. The van der Waals surface area contributed by atoms with E-state index in [1.54, 1.807) is 18.0 Å². The number of hydrogen-bond acceptors (Lipinski definition) is 6. The van der Waals surface area contributed by atoms with Crippen molar-refractivity contribution in [2.75, 3.05) is 19.0 Å². The summed E-state index contributed by atoms with van der Waals surface area (Å²) in [7, 11) is 1.59. The van der Waals surface area contributed by atoms with Crippen LogP contribution in [-0.4, -0.2) is 50.6 Å². The van der Waals surface area contributed by atoms with E-state index in [2.05, 4.69) is 48.4 Å². The number of anilines is 1. The van der Waals surface area contributed by atoms with Gasteiger partial charge >= 0.3 is 0 Å². The summed E-state index contributed by atoms with van der Waals surface area (Å²) in [5.74, 6) is 1.48. The Bertz CT molecular complexity index is 1010. The number of ether oxygens (including phenoxy) is 1. The quantitative estimate of drug-likeness (QED) is 0.461. The van der Waals surface area contributed by atoms with Crippen LogP contribution >= 0.6 is 11.6 Å². The van der Waals surface area contributed by atoms with Crippen molar-refractivity contribution in [3.8, 4) is 17.0 Å². The molecule has 34 heavy (non-hydrogen) atoms. The van der Waals surface area contributed by atoms with Gasteiger partial charge in [0.25, 0.3) is 5.91 Å². The standard InChI is InChI=1S/C25H38ClN5O3/c1-7-24(4,5)29-19-13-18(34-6)17(14-27-19)22-20(26)21(30-31(22)8-2)23(32)28-15-25(33)11-9-16(3)10-12-25/h13-14,16,33H,7-12,15H2,1-6H3,(H,27,29)(H,28,32). The van der Waals surface area contributed by atoms with Crippen molar-refractivity contribution >= 4 is 23.3 Å². The predicted octanol–water partition coefficient (Wildman–Crippen LogP) is 4.90. The fraction of sp³-hybridized carbons (Fsp3) is 0.640. The molecule has 2 aromatic rings. The van der Waals surface area contributed by atoms with E-state index >= 15 is 0 Å². The van der Waals surface area contributed by atoms with Gasteiger partial charge < -0.3 is 20.5 Å². The molecule has 0 aliphatic heterocycles. The number of aromatic nitrogens is 3. The van der Waals surface area contributed by atoms with Crippen LogP contribution in [0.5, 0.6) is 5.75 Å². The lowest BCUT2D eigenvalue weighted by Crippen LogP contribution is -2.45. The third kappa shape index (κ3) is 5.84. The molecule has 0 spiro atoms. The van der Waals surface area contributed by atoms with Crippen molar-refractivity contribution in [1.82, 2.24) is 20.1 Å². The van der Waals surface area contributed by atoms with E-state index in [-0.39, 0.29) is 22.8 Å². The number of methoxy groups -OCH3 is 1. The summed E-state index contributed by atoms with van der Waals surface area (Å²) in [4.78, 5) is 17.5. The molecule has 1 fully saturated rings. The Morgan fingerprint density at radius 1 is 1.35 bits per heavy atom. The number of amides is 1. The first-order valence-corrected chi connectivity index (χ1v) is 12.5. The summed E-state index contributed by atoms with van der Waals surface area (Å²) in [5, 5.41) is 21.8. The molecule has 3 rings (SSSR count). The lowest BCUT2D eigenvalue weighted by atomic mass is 9.79. The Kier molecular flexibility index (Phi) is 8.14. The number of halogens is 1. The van der Waals surface area contributed by atoms with E-state index in [1.165, 1.54) is 0 Å². The SMILES string of the molecule is CCn1nc(C(=O)NCC2(O)CCC(C)CC2)c(Cl)c1-c1cnc(NC(C)(C)CC)cc1OC. The molecule has 0 saturated heterocycles. The zero-order valence-electron chi connectivity index (χ0n) is 21.2. The second-order valence-corrected chi connectivity index (χ2v) is 10.4. The van der Waals surface area contributed by atoms with Crippen LogP contribution < -0.4 is 15.4 Å². The van der Waals surface area contributed by atoms with Gasteiger partial charge in [0.1, 0.15) is 11.6 Å². The van der Waals surface area contributed by atoms with Crippen LogP contribution in [0.15, 0.2) is 12.3 Å². The Balaban J connectivity index is 1.86. The van der Waals surface area contributed by atoms with E-state index in [0.717, 1.165) is 19.3 Å². The molecule has 0 bridgehead atoms. The van der Waals surface area contributed by atoms with Crippen LogP contribution in [0.2, 0.25) is 5.02 Å². The van der Waals surface area contributed by atoms with Crippen LogP contribution in [0.1, 0.15) is 77.2 Å². The smallest absolute Gasteiger partial charge is 0.273 e. The fourth-order valence-electron chi connectivity index (χ4n) is 4.16. The Labute approximate surface area is 207 Å². The average Bonchev–Trinajstić information content (AvgIpc) is 3.15. The van der Waals surface area contributed by atoms with Crippen LogP contribution in [0.4, 0.5) is 5.82 Å². The molecular weight excluding hydrogens is 454 g/mol. The lowest BCUT2D eigenvalue weighted by Gasteiger charge is -2.34. The first kappa shape index (κ1) is 26.3. The molecule has 0 atom stereocenters. The zero-order chi connectivity index (χ0) is 25.1. The molecule has 0 radical (unpaired) electrons. The number of carbonyl (C=O) groups excluding carboxylic acids is 1. The number of rotatable bonds is 9. The number of aryl methyl sites for hydroxylation is 1. The molecule has 1 amide bonds. The van der Waals surface area contributed by atoms with Crippen molar-refractivity contribution in [1.29, 1.82) is 0 Å². The maximum Gasteiger partial charge on any atom is 0.273 e. The number of aliphatic hydroxyl groups is 1. The van der Waals surface area contributed by atoms with Gasteiger partial charge in [-0.25, -0.2) is 4.98 Å². The predicted molar refractivity (Wildman–Crippen MR) is 136 cm³/mol. The maximum atomic E-state index is 13.0. The third-order valence-electron chi connectivity index (χ3n) is 6.88. The summed E-state index contributed by atoms with van der Waals surface area (Å²) >= 11 is 6.71. The van der Waals surface area contributed by atoms with E-state index in [4.69, 9.17) is 16.3 Å². The van der Waals surface area contributed by atoms with E-state index in [1.807, 2.05) is 13.0 Å². The minimum absolute atomic E-state index is 0.117. The van der Waals surface area contributed by atoms with Crippen molar-refractivity contribution in [2.24, 2.45) is 5.92 Å². The van der Waals surface area contributed by atoms with Crippen molar-refractivity contribution < 1.29 is 14.6 Å². The minimum atomic E-state index is -0.882. The van der Waals surface area contributed by atoms with Gasteiger partial charge in [0.05, 0.1) is 29.0 Å². The molecule has 0 unspecified atom stereocenters. The lowest BCUT2D eigenvalue weighted by molar-refractivity contribution is -0.00544. The minimum Gasteiger partial charge on any atom is -0.496 e. The fourth-order valence-corrected chi connectivity index (χ4v) is 4.49. The first-order chi connectivity index (χ1) is 16.0. The number of hydrogen-bond donors (Lipinski definition) is 3. The number of carbonyl (C=O) groups is 1. The van der Waals surface area contributed by atoms with Crippen LogP contribution in [-0.2, 0) is 6.54 Å². The van der Waals surface area contributed by atoms with Crippen LogP contribution in [0, 0.1) is 5.92 Å². The summed E-state index contributed by atoms with van der Waals surface area (Å²) in [6, 6.07) is 1.83. The van der Waals surface area contributed by atoms with Crippen molar-refractivity contribution in [3.05, 3.63) is 23.0 Å². The molecule has 0 aromatic carbocycles. The molecule has 2 heterocycles. The van der Waals surface area contributed by atoms with Crippen molar-refractivity contribution in [3.63, 3.8) is 0 Å². The maximum absolute atomic E-state index is 13.0. The normalized spacial score (nSPS) is 20.8. The van der Waals surface area contributed by atoms with Gasteiger partial charge in [-0.1, -0.05) is 25.4 Å². The highest BCUT2D eigenvalue weighted by molar-refractivity contribution is 6.36. The number of nitrogens with one attached hydrogen (secondary N) is 2. The second kappa shape index (κ2) is 10.5. The molecule has 2 aromatic heterocycles. The number of pyridine rings is 1. The molecule has 9 heteroatoms. The zero-order valence-corrected chi connectivity index (χ0v) is 21.9. The van der Waals surface area contributed by atoms with E-state index in [0.29, 0.717) is 48.1 Å². The van der Waals surface area contributed by atoms with E-state index < -0.39 is 11.5 Å². The van der Waals surface area contributed by atoms with Gasteiger partial charge in [-0.15, -0.1) is 0 Å². The van der Waals surface area contributed by atoms with Gasteiger partial charge in [0.2, 0.25) is 0 Å². The molecule has 1 aliphatic rings. The largest absolute Gasteiger partial charge is 0.496 e. The summed E-state index contributed by atoms with van der Waals surface area (Å²) in [6.45, 7) is 11.1. The average molecular weight is 492 g/mol. The third-order valence-corrected chi connectivity index (χ3v) is 7.24. The highest BCUT2D eigenvalue weighted by Gasteiger charge is 2.33. The molecule has 1 saturated carbocycles. The van der Waals surface area contributed by atoms with Crippen LogP contribution in [0.25, 0.3) is 11.3 Å². The Morgan fingerprint density at radius 2 is 2.03 bits per heavy atom. The van der Waals surface area contributed by atoms with Gasteiger partial charge in [0, 0.05) is 30.9 Å². The second-order valence-electron chi connectivity index (χ2n) is 10.0. The monoisotopic (exact) mass is 491 g/mol. The Hall–Kier alpha value is -2.32. The highest BCUT2D eigenvalue weighted by atomic mass is 35.5. The topological polar surface area (TPSA) is 101 Å². The van der Waals surface area contributed by atoms with Gasteiger partial charge in [-0.2, -0.15) is 5.10 Å². The van der Waals surface area contributed by atoms with Crippen molar-refractivity contribution in [2.45, 2.75) is 84.4 Å². The molecule has 188 valence electrons. The molecule has 3 N–H and O–H groups in total. The highest BCUT2D eigenvalue weighted by Crippen LogP contribution is 2.38. The van der Waals surface area contributed by atoms with Gasteiger partial charge in [0.15, 0.2) is 5.69 Å². The first-order valence-electron chi connectivity index (χ1n) is 12.1.